The summed E-state index contributed by atoms with van der Waals surface area (Å²) in [6, 6.07) is 84.6. The van der Waals surface area contributed by atoms with Gasteiger partial charge < -0.3 is 9.32 Å². The van der Waals surface area contributed by atoms with E-state index in [1.165, 1.54) is 72.3 Å². The fraction of sp³-hybridized carbons (Fsp3) is 0.0769. The van der Waals surface area contributed by atoms with Crippen LogP contribution >= 0.6 is 0 Å². The number of para-hydroxylation sites is 2. The molecule has 0 N–H and O–H groups in total. The lowest BCUT2D eigenvalue weighted by Crippen LogP contribution is -2.22. The van der Waals surface area contributed by atoms with Gasteiger partial charge in [-0.15, -0.1) is 0 Å². The zero-order chi connectivity index (χ0) is 44.6. The molecule has 2 nitrogen and oxygen atoms in total. The Morgan fingerprint density at radius 3 is 1.69 bits per heavy atom. The number of hydrogen-bond acceptors (Lipinski definition) is 2. The Hall–Kier alpha value is -8.20. The van der Waals surface area contributed by atoms with Gasteiger partial charge in [-0.1, -0.05) is 202 Å². The largest absolute Gasteiger partial charge is 0.455 e. The molecule has 0 radical (unpaired) electrons. The minimum Gasteiger partial charge on any atom is -0.455 e. The van der Waals surface area contributed by atoms with Gasteiger partial charge in [-0.2, -0.15) is 0 Å². The van der Waals surface area contributed by atoms with Crippen LogP contribution in [0.2, 0.25) is 0 Å². The van der Waals surface area contributed by atoms with Crippen molar-refractivity contribution in [3.05, 3.63) is 258 Å². The Bertz CT molecular complexity index is 3670. The predicted molar refractivity (Wildman–Crippen MR) is 280 cm³/mol. The molecular formula is C65H47NO. The summed E-state index contributed by atoms with van der Waals surface area (Å²) >= 11 is 0. The summed E-state index contributed by atoms with van der Waals surface area (Å²) in [4.78, 5) is 2.38. The van der Waals surface area contributed by atoms with Gasteiger partial charge in [0, 0.05) is 44.7 Å². The number of benzene rings is 10. The molecule has 0 fully saturated rings. The van der Waals surface area contributed by atoms with Crippen molar-refractivity contribution in [2.24, 2.45) is 0 Å². The van der Waals surface area contributed by atoms with Crippen molar-refractivity contribution in [3.63, 3.8) is 0 Å². The van der Waals surface area contributed by atoms with Crippen LogP contribution in [0.1, 0.15) is 47.6 Å². The van der Waals surface area contributed by atoms with Crippen molar-refractivity contribution < 1.29 is 4.42 Å². The molecule has 10 aromatic carbocycles. The molecule has 1 heterocycles. The molecule has 2 aliphatic rings. The standard InChI is InChI=1S/C65H47NO/c1-65(2)60-25-12-10-21-55(60)57-40-39-51(62(63(57)65)59-41-46-17-6-7-18-50(46)53-19-8-9-20-54(53)59)44-29-35-48(36-30-44)66(47-33-27-43(28-34-47)42-15-4-3-5-16-42)49-37-31-45(32-38-49)52-23-14-24-58-56-22-11-13-26-61(56)67-64(52)58/h3-40,59H,41H2,1-2H3. The van der Waals surface area contributed by atoms with Crippen molar-refractivity contribution in [2.45, 2.75) is 31.6 Å². The van der Waals surface area contributed by atoms with Crippen molar-refractivity contribution >= 4 is 39.0 Å². The quantitative estimate of drug-likeness (QED) is 0.159. The van der Waals surface area contributed by atoms with Crippen molar-refractivity contribution in [2.75, 3.05) is 4.90 Å². The van der Waals surface area contributed by atoms with Crippen LogP contribution in [0.15, 0.2) is 235 Å². The minimum atomic E-state index is -0.173. The summed E-state index contributed by atoms with van der Waals surface area (Å²) in [5.41, 5.74) is 24.5. The van der Waals surface area contributed by atoms with Gasteiger partial charge in [-0.25, -0.2) is 0 Å². The zero-order valence-corrected chi connectivity index (χ0v) is 37.6. The lowest BCUT2D eigenvalue weighted by molar-refractivity contribution is 0.639. The molecule has 11 aromatic rings. The summed E-state index contributed by atoms with van der Waals surface area (Å²) < 4.78 is 6.47. The highest BCUT2D eigenvalue weighted by Gasteiger charge is 2.41. The maximum Gasteiger partial charge on any atom is 0.143 e. The Labute approximate surface area is 392 Å². The molecule has 2 aliphatic carbocycles. The van der Waals surface area contributed by atoms with E-state index in [-0.39, 0.29) is 11.3 Å². The second kappa shape index (κ2) is 15.5. The summed E-state index contributed by atoms with van der Waals surface area (Å²) in [6.45, 7) is 4.86. The highest BCUT2D eigenvalue weighted by atomic mass is 16.3. The van der Waals surface area contributed by atoms with E-state index in [1.54, 1.807) is 0 Å². The molecule has 1 aromatic heterocycles. The Balaban J connectivity index is 0.942. The van der Waals surface area contributed by atoms with Crippen LogP contribution in [-0.2, 0) is 11.8 Å². The average molecular weight is 858 g/mol. The van der Waals surface area contributed by atoms with Crippen LogP contribution in [0.3, 0.4) is 0 Å². The van der Waals surface area contributed by atoms with Crippen molar-refractivity contribution in [3.8, 4) is 55.6 Å². The molecule has 0 bridgehead atoms. The van der Waals surface area contributed by atoms with Gasteiger partial charge in [-0.05, 0) is 127 Å². The van der Waals surface area contributed by atoms with E-state index in [2.05, 4.69) is 237 Å². The fourth-order valence-electron chi connectivity index (χ4n) is 11.6. The summed E-state index contributed by atoms with van der Waals surface area (Å²) in [5, 5.41) is 2.27. The molecule has 0 aliphatic heterocycles. The Morgan fingerprint density at radius 2 is 0.940 bits per heavy atom. The molecule has 0 saturated heterocycles. The third kappa shape index (κ3) is 6.32. The maximum absolute atomic E-state index is 6.47. The number of furan rings is 1. The highest BCUT2D eigenvalue weighted by Crippen LogP contribution is 2.56. The number of hydrogen-bond donors (Lipinski definition) is 0. The third-order valence-corrected chi connectivity index (χ3v) is 14.7. The van der Waals surface area contributed by atoms with Crippen LogP contribution in [-0.4, -0.2) is 0 Å². The number of nitrogens with zero attached hydrogens (tertiary/aromatic N) is 1. The van der Waals surface area contributed by atoms with E-state index < -0.39 is 0 Å². The molecule has 67 heavy (non-hydrogen) atoms. The van der Waals surface area contributed by atoms with E-state index in [0.29, 0.717) is 0 Å². The van der Waals surface area contributed by atoms with E-state index in [9.17, 15) is 0 Å². The fourth-order valence-corrected chi connectivity index (χ4v) is 11.6. The molecule has 2 heteroatoms. The van der Waals surface area contributed by atoms with Gasteiger partial charge in [0.05, 0.1) is 0 Å². The second-order valence-corrected chi connectivity index (χ2v) is 18.7. The minimum absolute atomic E-state index is 0.173. The Kier molecular flexibility index (Phi) is 9.05. The first-order valence-corrected chi connectivity index (χ1v) is 23.5. The van der Waals surface area contributed by atoms with E-state index in [0.717, 1.165) is 56.5 Å². The lowest BCUT2D eigenvalue weighted by atomic mass is 9.69. The van der Waals surface area contributed by atoms with Gasteiger partial charge in [0.25, 0.3) is 0 Å². The molecule has 13 rings (SSSR count). The first-order chi connectivity index (χ1) is 33.0. The first kappa shape index (κ1) is 39.2. The molecule has 0 spiro atoms. The third-order valence-electron chi connectivity index (χ3n) is 14.7. The maximum atomic E-state index is 6.47. The molecule has 0 saturated carbocycles. The Morgan fingerprint density at radius 1 is 0.403 bits per heavy atom. The van der Waals surface area contributed by atoms with Crippen LogP contribution in [0.4, 0.5) is 17.1 Å². The van der Waals surface area contributed by atoms with E-state index in [4.69, 9.17) is 4.42 Å². The van der Waals surface area contributed by atoms with Crippen LogP contribution in [0.5, 0.6) is 0 Å². The summed E-state index contributed by atoms with van der Waals surface area (Å²) in [5.74, 6) is 0.188. The summed E-state index contributed by atoms with van der Waals surface area (Å²) in [7, 11) is 0. The van der Waals surface area contributed by atoms with Crippen LogP contribution in [0.25, 0.3) is 77.6 Å². The SMILES string of the molecule is CC1(C)c2ccccc2-c2ccc(-c3ccc(N(c4ccc(-c5ccccc5)cc4)c4ccc(-c5cccc6c5oc5ccccc56)cc4)cc3)c(C3Cc4ccccc4-c4ccccc43)c21. The molecule has 318 valence electrons. The highest BCUT2D eigenvalue weighted by molar-refractivity contribution is 6.09. The van der Waals surface area contributed by atoms with Gasteiger partial charge >= 0.3 is 0 Å². The van der Waals surface area contributed by atoms with E-state index >= 15 is 0 Å². The van der Waals surface area contributed by atoms with Crippen LogP contribution < -0.4 is 4.90 Å². The lowest BCUT2D eigenvalue weighted by Gasteiger charge is -2.34. The van der Waals surface area contributed by atoms with Gasteiger partial charge in [0.15, 0.2) is 0 Å². The predicted octanol–water partition coefficient (Wildman–Crippen LogP) is 17.7. The van der Waals surface area contributed by atoms with Gasteiger partial charge in [0.1, 0.15) is 11.2 Å². The van der Waals surface area contributed by atoms with Crippen molar-refractivity contribution in [1.29, 1.82) is 0 Å². The number of fused-ring (bicyclic) bond motifs is 9. The topological polar surface area (TPSA) is 16.4 Å². The molecule has 0 amide bonds. The average Bonchev–Trinajstić information content (AvgIpc) is 3.89. The first-order valence-electron chi connectivity index (χ1n) is 23.5. The monoisotopic (exact) mass is 857 g/mol. The normalized spacial score (nSPS) is 14.3. The van der Waals surface area contributed by atoms with Crippen LogP contribution in [0, 0.1) is 0 Å². The number of anilines is 3. The van der Waals surface area contributed by atoms with Crippen molar-refractivity contribution in [1.82, 2.24) is 0 Å². The van der Waals surface area contributed by atoms with E-state index in [1.807, 2.05) is 12.1 Å². The molecule has 1 atom stereocenters. The molecular weight excluding hydrogens is 811 g/mol. The van der Waals surface area contributed by atoms with Gasteiger partial charge in [0.2, 0.25) is 0 Å². The smallest absolute Gasteiger partial charge is 0.143 e. The number of rotatable bonds is 7. The second-order valence-electron chi connectivity index (χ2n) is 18.7. The van der Waals surface area contributed by atoms with Gasteiger partial charge in [-0.3, -0.25) is 0 Å². The molecule has 1 unspecified atom stereocenters. The zero-order valence-electron chi connectivity index (χ0n) is 37.6. The summed E-state index contributed by atoms with van der Waals surface area (Å²) in [6.07, 6.45) is 0.953.